The highest BCUT2D eigenvalue weighted by Crippen LogP contribution is 2.47. The average molecular weight is 172 g/mol. The minimum atomic E-state index is -2.12. The third-order valence-electron chi connectivity index (χ3n) is 1.51. The molecule has 0 atom stereocenters. The number of hydrazine groups is 1. The Labute approximate surface area is 67.1 Å². The van der Waals surface area contributed by atoms with Crippen LogP contribution in [0.4, 0.5) is 0 Å². The highest BCUT2D eigenvalue weighted by Gasteiger charge is 2.18. The minimum absolute atomic E-state index is 0.861. The van der Waals surface area contributed by atoms with Gasteiger partial charge in [0.2, 0.25) is 0 Å². The lowest BCUT2D eigenvalue weighted by Gasteiger charge is -2.26. The standard InChI is InChI=1S/C7H13N2OP/c1-9-7(11(2,3)10)5-4-6-8-9/h4-6,8H,1-3H3. The van der Waals surface area contributed by atoms with E-state index in [-0.39, 0.29) is 0 Å². The predicted octanol–water partition coefficient (Wildman–Crippen LogP) is 1.41. The van der Waals surface area contributed by atoms with Gasteiger partial charge in [0.15, 0.2) is 0 Å². The Morgan fingerprint density at radius 1 is 1.55 bits per heavy atom. The molecule has 1 N–H and O–H groups in total. The zero-order chi connectivity index (χ0) is 8.48. The summed E-state index contributed by atoms with van der Waals surface area (Å²) < 4.78 is 11.6. The Balaban J connectivity index is 2.94. The SMILES string of the molecule is CN1NC=CC=C1P(C)(C)=O. The first-order valence-electron chi connectivity index (χ1n) is 3.44. The van der Waals surface area contributed by atoms with Crippen molar-refractivity contribution in [3.63, 3.8) is 0 Å². The lowest BCUT2D eigenvalue weighted by atomic mass is 10.5. The van der Waals surface area contributed by atoms with Crippen LogP contribution in [0.15, 0.2) is 23.8 Å². The first-order valence-corrected chi connectivity index (χ1v) is 6.04. The number of hydrogen-bond acceptors (Lipinski definition) is 3. The van der Waals surface area contributed by atoms with E-state index in [0.29, 0.717) is 0 Å². The monoisotopic (exact) mass is 172 g/mol. The topological polar surface area (TPSA) is 32.3 Å². The van der Waals surface area contributed by atoms with Crippen molar-refractivity contribution in [1.29, 1.82) is 0 Å². The molecule has 0 saturated heterocycles. The maximum absolute atomic E-state index is 11.6. The predicted molar refractivity (Wildman–Crippen MR) is 47.6 cm³/mol. The summed E-state index contributed by atoms with van der Waals surface area (Å²) in [5.41, 5.74) is 3.81. The summed E-state index contributed by atoms with van der Waals surface area (Å²) >= 11 is 0. The fourth-order valence-corrected chi connectivity index (χ4v) is 2.23. The molecule has 0 aliphatic carbocycles. The summed E-state index contributed by atoms with van der Waals surface area (Å²) in [5, 5.41) is 1.78. The normalized spacial score (nSPS) is 17.7. The average Bonchev–Trinajstić information content (AvgIpc) is 1.86. The maximum atomic E-state index is 11.6. The van der Waals surface area contributed by atoms with Crippen LogP contribution < -0.4 is 5.43 Å². The summed E-state index contributed by atoms with van der Waals surface area (Å²) in [5.74, 6) is 0. The zero-order valence-corrected chi connectivity index (χ0v) is 7.93. The molecular formula is C7H13N2OP. The largest absolute Gasteiger partial charge is 0.318 e. The number of allylic oxidation sites excluding steroid dienone is 2. The van der Waals surface area contributed by atoms with Gasteiger partial charge in [-0.15, -0.1) is 0 Å². The molecule has 0 aromatic heterocycles. The molecular weight excluding hydrogens is 159 g/mol. The minimum Gasteiger partial charge on any atom is -0.318 e. The van der Waals surface area contributed by atoms with Crippen molar-refractivity contribution in [2.75, 3.05) is 20.4 Å². The molecule has 0 aromatic rings. The van der Waals surface area contributed by atoms with E-state index >= 15 is 0 Å². The van der Waals surface area contributed by atoms with E-state index in [4.69, 9.17) is 0 Å². The summed E-state index contributed by atoms with van der Waals surface area (Å²) in [6.07, 6.45) is 5.53. The summed E-state index contributed by atoms with van der Waals surface area (Å²) in [7, 11) is -0.268. The van der Waals surface area contributed by atoms with Gasteiger partial charge >= 0.3 is 0 Å². The van der Waals surface area contributed by atoms with Crippen LogP contribution in [0.25, 0.3) is 0 Å². The van der Waals surface area contributed by atoms with E-state index in [2.05, 4.69) is 5.43 Å². The molecule has 62 valence electrons. The van der Waals surface area contributed by atoms with Gasteiger partial charge in [0.1, 0.15) is 7.14 Å². The Kier molecular flexibility index (Phi) is 2.10. The quantitative estimate of drug-likeness (QED) is 0.607. The van der Waals surface area contributed by atoms with Crippen molar-refractivity contribution in [2.45, 2.75) is 0 Å². The van der Waals surface area contributed by atoms with E-state index in [1.54, 1.807) is 24.5 Å². The zero-order valence-electron chi connectivity index (χ0n) is 7.03. The summed E-state index contributed by atoms with van der Waals surface area (Å²) in [6.45, 7) is 3.52. The van der Waals surface area contributed by atoms with Gasteiger partial charge in [0.05, 0.1) is 5.44 Å². The van der Waals surface area contributed by atoms with Gasteiger partial charge in [-0.3, -0.25) is 5.01 Å². The highest BCUT2D eigenvalue weighted by molar-refractivity contribution is 7.66. The third kappa shape index (κ3) is 1.87. The Hall–Kier alpha value is -0.690. The van der Waals surface area contributed by atoms with Crippen LogP contribution in [0, 0.1) is 0 Å². The molecule has 1 rings (SSSR count). The molecule has 4 heteroatoms. The van der Waals surface area contributed by atoms with E-state index in [9.17, 15) is 4.57 Å². The second kappa shape index (κ2) is 2.74. The van der Waals surface area contributed by atoms with Crippen LogP contribution in [0.1, 0.15) is 0 Å². The molecule has 0 bridgehead atoms. The van der Waals surface area contributed by atoms with Gasteiger partial charge < -0.3 is 9.99 Å². The van der Waals surface area contributed by atoms with E-state index in [0.717, 1.165) is 5.44 Å². The van der Waals surface area contributed by atoms with Crippen LogP contribution >= 0.6 is 7.14 Å². The fourth-order valence-electron chi connectivity index (χ4n) is 1.01. The molecule has 0 unspecified atom stereocenters. The van der Waals surface area contributed by atoms with Crippen LogP contribution in [0.5, 0.6) is 0 Å². The van der Waals surface area contributed by atoms with E-state index < -0.39 is 7.14 Å². The molecule has 0 saturated carbocycles. The molecule has 0 amide bonds. The van der Waals surface area contributed by atoms with Gasteiger partial charge in [0.25, 0.3) is 0 Å². The molecule has 3 nitrogen and oxygen atoms in total. The van der Waals surface area contributed by atoms with Gasteiger partial charge in [-0.05, 0) is 25.5 Å². The Morgan fingerprint density at radius 2 is 2.18 bits per heavy atom. The second-order valence-corrected chi connectivity index (χ2v) is 6.08. The van der Waals surface area contributed by atoms with Crippen LogP contribution in [0.3, 0.4) is 0 Å². The van der Waals surface area contributed by atoms with Crippen molar-refractivity contribution in [3.8, 4) is 0 Å². The molecule has 1 aliphatic rings. The van der Waals surface area contributed by atoms with Crippen LogP contribution in [-0.2, 0) is 4.57 Å². The summed E-state index contributed by atoms with van der Waals surface area (Å²) in [4.78, 5) is 0. The first-order chi connectivity index (χ1) is 5.02. The Bertz CT molecular complexity index is 251. The van der Waals surface area contributed by atoms with Crippen molar-refractivity contribution in [2.24, 2.45) is 0 Å². The van der Waals surface area contributed by atoms with Crippen LogP contribution in [-0.4, -0.2) is 25.4 Å². The molecule has 1 heterocycles. The van der Waals surface area contributed by atoms with Crippen LogP contribution in [0.2, 0.25) is 0 Å². The number of nitrogens with zero attached hydrogens (tertiary/aromatic N) is 1. The third-order valence-corrected chi connectivity index (χ3v) is 3.06. The fraction of sp³-hybridized carbons (Fsp3) is 0.429. The van der Waals surface area contributed by atoms with Gasteiger partial charge in [-0.25, -0.2) is 0 Å². The summed E-state index contributed by atoms with van der Waals surface area (Å²) in [6, 6.07) is 0. The molecule has 0 aromatic carbocycles. The van der Waals surface area contributed by atoms with E-state index in [1.807, 2.05) is 19.2 Å². The molecule has 0 radical (unpaired) electrons. The molecule has 11 heavy (non-hydrogen) atoms. The number of rotatable bonds is 1. The second-order valence-electron chi connectivity index (χ2n) is 2.92. The van der Waals surface area contributed by atoms with Crippen molar-refractivity contribution in [1.82, 2.24) is 10.4 Å². The van der Waals surface area contributed by atoms with Crippen molar-refractivity contribution in [3.05, 3.63) is 23.8 Å². The smallest absolute Gasteiger partial charge is 0.126 e. The highest BCUT2D eigenvalue weighted by atomic mass is 31.2. The number of hydrogen-bond donors (Lipinski definition) is 1. The lowest BCUT2D eigenvalue weighted by molar-refractivity contribution is 0.366. The molecule has 0 spiro atoms. The van der Waals surface area contributed by atoms with Gasteiger partial charge in [-0.2, -0.15) is 0 Å². The van der Waals surface area contributed by atoms with Crippen molar-refractivity contribution >= 4 is 7.14 Å². The lowest BCUT2D eigenvalue weighted by Crippen LogP contribution is -2.30. The van der Waals surface area contributed by atoms with Crippen molar-refractivity contribution < 1.29 is 4.57 Å². The molecule has 0 fully saturated rings. The Morgan fingerprint density at radius 3 is 2.55 bits per heavy atom. The van der Waals surface area contributed by atoms with Gasteiger partial charge in [0, 0.05) is 13.2 Å². The molecule has 1 aliphatic heterocycles. The maximum Gasteiger partial charge on any atom is 0.126 e. The first kappa shape index (κ1) is 8.41. The number of nitrogens with one attached hydrogen (secondary N) is 1. The van der Waals surface area contributed by atoms with Gasteiger partial charge in [-0.1, -0.05) is 0 Å². The van der Waals surface area contributed by atoms with E-state index in [1.165, 1.54) is 0 Å².